The van der Waals surface area contributed by atoms with E-state index in [2.05, 4.69) is 10.5 Å². The summed E-state index contributed by atoms with van der Waals surface area (Å²) in [7, 11) is 0. The maximum absolute atomic E-state index is 10.8. The highest BCUT2D eigenvalue weighted by Crippen LogP contribution is 2.21. The third-order valence-corrected chi connectivity index (χ3v) is 3.16. The Kier molecular flexibility index (Phi) is 3.51. The van der Waals surface area contributed by atoms with Crippen molar-refractivity contribution in [3.63, 3.8) is 0 Å². The van der Waals surface area contributed by atoms with Gasteiger partial charge in [-0.2, -0.15) is 5.10 Å². The number of fused-ring (bicyclic) bond motifs is 1. The normalized spacial score (nSPS) is 11.6. The Balaban J connectivity index is 1.87. The number of hydrogen-bond donors (Lipinski definition) is 1. The second-order valence-corrected chi connectivity index (χ2v) is 4.70. The molecule has 3 rings (SSSR count). The fraction of sp³-hybridized carbons (Fsp3) is 0.0588. The Bertz CT molecular complexity index is 804. The van der Waals surface area contributed by atoms with E-state index in [1.54, 1.807) is 18.2 Å². The highest BCUT2D eigenvalue weighted by Gasteiger charge is 2.07. The number of carbonyl (C=O) groups is 1. The lowest BCUT2D eigenvalue weighted by molar-refractivity contribution is 0.112. The quantitative estimate of drug-likeness (QED) is 0.444. The van der Waals surface area contributed by atoms with Gasteiger partial charge in [-0.1, -0.05) is 18.2 Å². The van der Waals surface area contributed by atoms with Gasteiger partial charge in [-0.15, -0.1) is 0 Å². The van der Waals surface area contributed by atoms with Crippen LogP contribution in [0.15, 0.2) is 64.1 Å². The molecule has 0 radical (unpaired) electrons. The molecule has 0 bridgehead atoms. The van der Waals surface area contributed by atoms with Crippen LogP contribution < -0.4 is 5.43 Å². The molecule has 0 saturated carbocycles. The van der Waals surface area contributed by atoms with Crippen molar-refractivity contribution in [2.24, 2.45) is 5.10 Å². The van der Waals surface area contributed by atoms with E-state index in [-0.39, 0.29) is 0 Å². The van der Waals surface area contributed by atoms with Crippen molar-refractivity contribution in [1.82, 2.24) is 0 Å². The van der Waals surface area contributed by atoms with Crippen LogP contribution in [0.25, 0.3) is 11.0 Å². The van der Waals surface area contributed by atoms with E-state index in [9.17, 15) is 4.79 Å². The molecule has 1 N–H and O–H groups in total. The van der Waals surface area contributed by atoms with Crippen LogP contribution in [0.2, 0.25) is 0 Å². The predicted molar refractivity (Wildman–Crippen MR) is 83.9 cm³/mol. The average molecular weight is 278 g/mol. The Labute approximate surface area is 122 Å². The lowest BCUT2D eigenvalue weighted by atomic mass is 10.2. The van der Waals surface area contributed by atoms with Crippen LogP contribution in [0.3, 0.4) is 0 Å². The fourth-order valence-electron chi connectivity index (χ4n) is 2.03. The lowest BCUT2D eigenvalue weighted by Gasteiger charge is -2.00. The number of furan rings is 1. The third-order valence-electron chi connectivity index (χ3n) is 3.16. The van der Waals surface area contributed by atoms with Crippen molar-refractivity contribution < 1.29 is 9.21 Å². The van der Waals surface area contributed by atoms with Crippen molar-refractivity contribution >= 4 is 28.7 Å². The first-order valence-electron chi connectivity index (χ1n) is 6.61. The van der Waals surface area contributed by atoms with Crippen LogP contribution in [-0.4, -0.2) is 12.0 Å². The smallest absolute Gasteiger partial charge is 0.151 e. The molecule has 4 heteroatoms. The van der Waals surface area contributed by atoms with Crippen LogP contribution in [0.5, 0.6) is 0 Å². The van der Waals surface area contributed by atoms with E-state index in [0.29, 0.717) is 11.3 Å². The summed E-state index contributed by atoms with van der Waals surface area (Å²) >= 11 is 0. The largest absolute Gasteiger partial charge is 0.455 e. The third kappa shape index (κ3) is 2.84. The van der Waals surface area contributed by atoms with Crippen LogP contribution in [0.1, 0.15) is 23.0 Å². The van der Waals surface area contributed by atoms with Crippen LogP contribution in [0, 0.1) is 0 Å². The highest BCUT2D eigenvalue weighted by molar-refractivity contribution is 6.00. The first kappa shape index (κ1) is 13.1. The van der Waals surface area contributed by atoms with E-state index in [0.717, 1.165) is 28.7 Å². The molecule has 0 spiro atoms. The van der Waals surface area contributed by atoms with Crippen molar-refractivity contribution in [3.05, 3.63) is 65.9 Å². The minimum absolute atomic E-state index is 0.631. The highest BCUT2D eigenvalue weighted by atomic mass is 16.3. The van der Waals surface area contributed by atoms with Crippen LogP contribution in [0.4, 0.5) is 5.69 Å². The molecule has 0 amide bonds. The predicted octanol–water partition coefficient (Wildman–Crippen LogP) is 4.08. The summed E-state index contributed by atoms with van der Waals surface area (Å²) in [5, 5.41) is 5.20. The fourth-order valence-corrected chi connectivity index (χ4v) is 2.03. The number of carbonyl (C=O) groups excluding carboxylic acids is 1. The zero-order valence-electron chi connectivity index (χ0n) is 11.5. The Hall–Kier alpha value is -2.88. The topological polar surface area (TPSA) is 54.6 Å². The van der Waals surface area contributed by atoms with Crippen molar-refractivity contribution in [2.75, 3.05) is 5.43 Å². The Morgan fingerprint density at radius 2 is 1.95 bits per heavy atom. The van der Waals surface area contributed by atoms with Gasteiger partial charge in [0.05, 0.1) is 5.69 Å². The van der Waals surface area contributed by atoms with Gasteiger partial charge in [0.15, 0.2) is 5.76 Å². The van der Waals surface area contributed by atoms with Gasteiger partial charge in [-0.3, -0.25) is 10.2 Å². The summed E-state index contributed by atoms with van der Waals surface area (Å²) in [6.45, 7) is 1.87. The molecule has 0 fully saturated rings. The molecular formula is C17H14N2O2. The molecule has 0 aliphatic rings. The molecule has 3 aromatic rings. The molecule has 104 valence electrons. The second kappa shape index (κ2) is 5.63. The first-order chi connectivity index (χ1) is 10.3. The van der Waals surface area contributed by atoms with Crippen LogP contribution in [-0.2, 0) is 0 Å². The van der Waals surface area contributed by atoms with Crippen molar-refractivity contribution in [3.8, 4) is 0 Å². The van der Waals surface area contributed by atoms with Gasteiger partial charge in [0.25, 0.3) is 0 Å². The zero-order chi connectivity index (χ0) is 14.7. The molecule has 21 heavy (non-hydrogen) atoms. The molecule has 1 heterocycles. The number of para-hydroxylation sites is 1. The van der Waals surface area contributed by atoms with Crippen LogP contribution >= 0.6 is 0 Å². The molecule has 0 aliphatic carbocycles. The van der Waals surface area contributed by atoms with E-state index < -0.39 is 0 Å². The van der Waals surface area contributed by atoms with E-state index >= 15 is 0 Å². The molecule has 0 atom stereocenters. The van der Waals surface area contributed by atoms with Gasteiger partial charge in [0.2, 0.25) is 0 Å². The molecule has 0 unspecified atom stereocenters. The maximum Gasteiger partial charge on any atom is 0.151 e. The van der Waals surface area contributed by atoms with Gasteiger partial charge in [0.1, 0.15) is 17.6 Å². The van der Waals surface area contributed by atoms with Gasteiger partial charge in [-0.25, -0.2) is 0 Å². The standard InChI is InChI=1S/C17H14N2O2/c1-12(18-19-15-5-3-2-4-6-15)17-10-14-9-13(11-20)7-8-16(14)21-17/h2-11,19H,1H3. The Morgan fingerprint density at radius 3 is 2.71 bits per heavy atom. The first-order valence-corrected chi connectivity index (χ1v) is 6.61. The van der Waals surface area contributed by atoms with Crippen molar-refractivity contribution in [2.45, 2.75) is 6.92 Å². The van der Waals surface area contributed by atoms with Gasteiger partial charge in [0, 0.05) is 10.9 Å². The number of aldehydes is 1. The number of anilines is 1. The molecule has 4 nitrogen and oxygen atoms in total. The minimum Gasteiger partial charge on any atom is -0.455 e. The van der Waals surface area contributed by atoms with Gasteiger partial charge >= 0.3 is 0 Å². The number of hydrazone groups is 1. The lowest BCUT2D eigenvalue weighted by Crippen LogP contribution is -1.97. The number of hydrogen-bond acceptors (Lipinski definition) is 4. The monoisotopic (exact) mass is 278 g/mol. The van der Waals surface area contributed by atoms with Gasteiger partial charge < -0.3 is 4.42 Å². The second-order valence-electron chi connectivity index (χ2n) is 4.70. The zero-order valence-corrected chi connectivity index (χ0v) is 11.5. The number of rotatable bonds is 4. The van der Waals surface area contributed by atoms with E-state index in [4.69, 9.17) is 4.42 Å². The molecule has 0 saturated heterocycles. The molecule has 0 aliphatic heterocycles. The summed E-state index contributed by atoms with van der Waals surface area (Å²) in [4.78, 5) is 10.8. The summed E-state index contributed by atoms with van der Waals surface area (Å²) in [6.07, 6.45) is 0.823. The summed E-state index contributed by atoms with van der Waals surface area (Å²) in [5.74, 6) is 0.677. The van der Waals surface area contributed by atoms with E-state index in [1.165, 1.54) is 0 Å². The van der Waals surface area contributed by atoms with Crippen molar-refractivity contribution in [1.29, 1.82) is 0 Å². The maximum atomic E-state index is 10.8. The van der Waals surface area contributed by atoms with Gasteiger partial charge in [-0.05, 0) is 43.3 Å². The Morgan fingerprint density at radius 1 is 1.14 bits per heavy atom. The SMILES string of the molecule is CC(=NNc1ccccc1)c1cc2cc(C=O)ccc2o1. The number of benzene rings is 2. The summed E-state index contributed by atoms with van der Waals surface area (Å²) in [6, 6.07) is 16.9. The average Bonchev–Trinajstić information content (AvgIpc) is 2.96. The molecular weight excluding hydrogens is 264 g/mol. The number of nitrogens with zero attached hydrogens (tertiary/aromatic N) is 1. The molecule has 1 aromatic heterocycles. The number of nitrogens with one attached hydrogen (secondary N) is 1. The minimum atomic E-state index is 0.631. The summed E-state index contributed by atoms with van der Waals surface area (Å²) < 4.78 is 5.73. The summed E-state index contributed by atoms with van der Waals surface area (Å²) in [5.41, 5.74) is 6.01. The van der Waals surface area contributed by atoms with E-state index in [1.807, 2.05) is 43.3 Å². The molecule has 2 aromatic carbocycles.